The number of rotatable bonds is 8. The third kappa shape index (κ3) is 5.35. The lowest BCUT2D eigenvalue weighted by Gasteiger charge is -2.08. The molecular formula is C24H23ClN4O3. The number of amides is 2. The molecule has 0 unspecified atom stereocenters. The third-order valence-corrected chi connectivity index (χ3v) is 5.35. The zero-order chi connectivity index (χ0) is 23.1. The first-order valence-electron chi connectivity index (χ1n) is 9.96. The highest BCUT2D eigenvalue weighted by Crippen LogP contribution is 2.26. The number of anilines is 1. The number of nitriles is 1. The fraction of sp³-hybridized carbons (Fsp3) is 0.208. The summed E-state index contributed by atoms with van der Waals surface area (Å²) < 4.78 is 6.74. The normalized spacial score (nSPS) is 11.2. The summed E-state index contributed by atoms with van der Waals surface area (Å²) in [5.41, 5.74) is 2.69. The van der Waals surface area contributed by atoms with Crippen LogP contribution in [0.4, 0.5) is 5.69 Å². The first-order chi connectivity index (χ1) is 15.4. The molecule has 1 aromatic heterocycles. The van der Waals surface area contributed by atoms with Crippen molar-refractivity contribution in [1.82, 2.24) is 9.88 Å². The topological polar surface area (TPSA) is 96.2 Å². The zero-order valence-electron chi connectivity index (χ0n) is 17.8. The highest BCUT2D eigenvalue weighted by Gasteiger charge is 2.15. The maximum absolute atomic E-state index is 12.8. The number of carbonyl (C=O) groups is 2. The number of nitrogens with one attached hydrogen (secondary N) is 2. The molecule has 0 spiro atoms. The smallest absolute Gasteiger partial charge is 0.266 e. The lowest BCUT2D eigenvalue weighted by Crippen LogP contribution is -2.30. The molecule has 0 saturated carbocycles. The molecule has 8 heteroatoms. The van der Waals surface area contributed by atoms with Gasteiger partial charge in [-0.1, -0.05) is 35.9 Å². The van der Waals surface area contributed by atoms with Crippen molar-refractivity contribution in [3.05, 3.63) is 70.4 Å². The van der Waals surface area contributed by atoms with Gasteiger partial charge in [-0.2, -0.15) is 5.26 Å². The largest absolute Gasteiger partial charge is 0.383 e. The Morgan fingerprint density at radius 3 is 2.75 bits per heavy atom. The molecule has 0 saturated heterocycles. The van der Waals surface area contributed by atoms with Crippen molar-refractivity contribution in [2.45, 2.75) is 13.5 Å². The van der Waals surface area contributed by atoms with Crippen molar-refractivity contribution in [2.24, 2.45) is 0 Å². The number of hydrogen-bond donors (Lipinski definition) is 2. The minimum Gasteiger partial charge on any atom is -0.383 e. The fourth-order valence-corrected chi connectivity index (χ4v) is 3.44. The molecule has 164 valence electrons. The van der Waals surface area contributed by atoms with Crippen molar-refractivity contribution in [2.75, 3.05) is 25.6 Å². The van der Waals surface area contributed by atoms with Gasteiger partial charge in [0.05, 0.1) is 6.61 Å². The van der Waals surface area contributed by atoms with Crippen LogP contribution in [0.3, 0.4) is 0 Å². The molecule has 0 atom stereocenters. The molecule has 3 rings (SSSR count). The summed E-state index contributed by atoms with van der Waals surface area (Å²) in [4.78, 5) is 25.0. The quantitative estimate of drug-likeness (QED) is 0.309. The van der Waals surface area contributed by atoms with Gasteiger partial charge in [-0.25, -0.2) is 0 Å². The highest BCUT2D eigenvalue weighted by atomic mass is 35.5. The summed E-state index contributed by atoms with van der Waals surface area (Å²) >= 11 is 6.12. The Morgan fingerprint density at radius 2 is 2.00 bits per heavy atom. The van der Waals surface area contributed by atoms with E-state index >= 15 is 0 Å². The van der Waals surface area contributed by atoms with Gasteiger partial charge in [0.15, 0.2) is 0 Å². The minimum atomic E-state index is -0.535. The van der Waals surface area contributed by atoms with Crippen LogP contribution < -0.4 is 10.6 Å². The van der Waals surface area contributed by atoms with Crippen molar-refractivity contribution < 1.29 is 14.3 Å². The van der Waals surface area contributed by atoms with Crippen molar-refractivity contribution in [1.29, 1.82) is 5.26 Å². The van der Waals surface area contributed by atoms with Gasteiger partial charge in [0.2, 0.25) is 5.91 Å². The highest BCUT2D eigenvalue weighted by molar-refractivity contribution is 6.31. The number of hydrogen-bond acceptors (Lipinski definition) is 4. The lowest BCUT2D eigenvalue weighted by molar-refractivity contribution is -0.121. The van der Waals surface area contributed by atoms with Crippen LogP contribution in [0.2, 0.25) is 5.02 Å². The summed E-state index contributed by atoms with van der Waals surface area (Å²) in [6.07, 6.45) is 3.28. The Hall–Kier alpha value is -3.60. The molecule has 3 aromatic rings. The SMILES string of the molecule is COCCNC(=O)Cn1cc(C=C(C#N)C(=O)Nc2cccc(Cl)c2C)c2ccccc21. The molecule has 1 heterocycles. The molecule has 2 N–H and O–H groups in total. The lowest BCUT2D eigenvalue weighted by atomic mass is 10.1. The van der Waals surface area contributed by atoms with Crippen LogP contribution in [0, 0.1) is 18.3 Å². The molecule has 0 radical (unpaired) electrons. The van der Waals surface area contributed by atoms with Crippen LogP contribution in [0.15, 0.2) is 54.2 Å². The van der Waals surface area contributed by atoms with E-state index in [2.05, 4.69) is 10.6 Å². The summed E-state index contributed by atoms with van der Waals surface area (Å²) in [5, 5.41) is 16.5. The Labute approximate surface area is 191 Å². The maximum atomic E-state index is 12.8. The first-order valence-corrected chi connectivity index (χ1v) is 10.3. The van der Waals surface area contributed by atoms with Crippen LogP contribution in [-0.4, -0.2) is 36.6 Å². The van der Waals surface area contributed by atoms with Crippen molar-refractivity contribution in [3.63, 3.8) is 0 Å². The standard InChI is InChI=1S/C24H23ClN4O3/c1-16-20(25)7-5-8-21(16)28-24(31)17(13-26)12-18-14-29(15-23(30)27-10-11-32-2)22-9-4-3-6-19(18)22/h3-9,12,14H,10-11,15H2,1-2H3,(H,27,30)(H,28,31). The predicted molar refractivity (Wildman–Crippen MR) is 125 cm³/mol. The van der Waals surface area contributed by atoms with E-state index < -0.39 is 5.91 Å². The monoisotopic (exact) mass is 450 g/mol. The number of fused-ring (bicyclic) bond motifs is 1. The summed E-state index contributed by atoms with van der Waals surface area (Å²) in [7, 11) is 1.57. The third-order valence-electron chi connectivity index (χ3n) is 4.94. The number of ether oxygens (including phenoxy) is 1. The number of para-hydroxylation sites is 1. The molecule has 0 bridgehead atoms. The van der Waals surface area contributed by atoms with Gasteiger partial charge in [-0.3, -0.25) is 9.59 Å². The number of carbonyl (C=O) groups excluding carboxylic acids is 2. The van der Waals surface area contributed by atoms with Gasteiger partial charge in [0, 0.05) is 47.0 Å². The number of halogens is 1. The van der Waals surface area contributed by atoms with Crippen LogP contribution in [0.25, 0.3) is 17.0 Å². The van der Waals surface area contributed by atoms with E-state index in [9.17, 15) is 14.9 Å². The first kappa shape index (κ1) is 23.1. The van der Waals surface area contributed by atoms with Gasteiger partial charge in [0.25, 0.3) is 5.91 Å². The molecular weight excluding hydrogens is 428 g/mol. The molecule has 0 aliphatic rings. The second-order valence-corrected chi connectivity index (χ2v) is 7.52. The van der Waals surface area contributed by atoms with E-state index in [1.165, 1.54) is 6.08 Å². The second-order valence-electron chi connectivity index (χ2n) is 7.11. The Bertz CT molecular complexity index is 1220. The van der Waals surface area contributed by atoms with Crippen molar-refractivity contribution in [3.8, 4) is 6.07 Å². The molecule has 32 heavy (non-hydrogen) atoms. The van der Waals surface area contributed by atoms with Gasteiger partial charge >= 0.3 is 0 Å². The van der Waals surface area contributed by atoms with E-state index in [-0.39, 0.29) is 18.0 Å². The van der Waals surface area contributed by atoms with Crippen LogP contribution in [0.5, 0.6) is 0 Å². The Balaban J connectivity index is 1.89. The van der Waals surface area contributed by atoms with Gasteiger partial charge in [-0.05, 0) is 36.8 Å². The van der Waals surface area contributed by atoms with Crippen molar-refractivity contribution >= 4 is 46.1 Å². The maximum Gasteiger partial charge on any atom is 0.266 e. The van der Waals surface area contributed by atoms with E-state index in [4.69, 9.17) is 16.3 Å². The summed E-state index contributed by atoms with van der Waals surface area (Å²) in [6, 6.07) is 14.7. The Kier molecular flexibility index (Phi) is 7.66. The summed E-state index contributed by atoms with van der Waals surface area (Å²) in [6.45, 7) is 2.74. The van der Waals surface area contributed by atoms with Gasteiger partial charge < -0.3 is 19.9 Å². The van der Waals surface area contributed by atoms with Crippen LogP contribution in [0.1, 0.15) is 11.1 Å². The summed E-state index contributed by atoms with van der Waals surface area (Å²) in [5.74, 6) is -0.694. The molecule has 2 aromatic carbocycles. The number of nitrogens with zero attached hydrogens (tertiary/aromatic N) is 2. The van der Waals surface area contributed by atoms with Gasteiger partial charge in [-0.15, -0.1) is 0 Å². The molecule has 0 fully saturated rings. The minimum absolute atomic E-state index is 0.0585. The van der Waals surface area contributed by atoms with E-state index in [0.29, 0.717) is 29.4 Å². The van der Waals surface area contributed by atoms with E-state index in [1.54, 1.807) is 43.0 Å². The van der Waals surface area contributed by atoms with Gasteiger partial charge in [0.1, 0.15) is 18.2 Å². The predicted octanol–water partition coefficient (Wildman–Crippen LogP) is 3.91. The average Bonchev–Trinajstić information content (AvgIpc) is 3.12. The zero-order valence-corrected chi connectivity index (χ0v) is 18.6. The molecule has 0 aliphatic carbocycles. The van der Waals surface area contributed by atoms with E-state index in [1.807, 2.05) is 30.3 Å². The average molecular weight is 451 g/mol. The second kappa shape index (κ2) is 10.6. The molecule has 0 aliphatic heterocycles. The van der Waals surface area contributed by atoms with E-state index in [0.717, 1.165) is 16.5 Å². The fourth-order valence-electron chi connectivity index (χ4n) is 3.26. The van der Waals surface area contributed by atoms with Crippen LogP contribution >= 0.6 is 11.6 Å². The molecule has 2 amide bonds. The molecule has 7 nitrogen and oxygen atoms in total. The Morgan fingerprint density at radius 1 is 1.22 bits per heavy atom. The number of methoxy groups -OCH3 is 1. The number of benzene rings is 2. The number of aromatic nitrogens is 1. The van der Waals surface area contributed by atoms with Crippen LogP contribution in [-0.2, 0) is 20.9 Å².